The zero-order chi connectivity index (χ0) is 12.5. The molecule has 0 spiro atoms. The molecule has 1 amide bonds. The summed E-state index contributed by atoms with van der Waals surface area (Å²) in [6, 6.07) is 6.76. The molecule has 0 atom stereocenters. The molecular weight excluding hydrogens is 216 g/mol. The van der Waals surface area contributed by atoms with Gasteiger partial charge in [0.1, 0.15) is 5.75 Å². The largest absolute Gasteiger partial charge is 0.508 e. The van der Waals surface area contributed by atoms with Crippen molar-refractivity contribution in [3.05, 3.63) is 29.8 Å². The molecule has 0 unspecified atom stereocenters. The highest BCUT2D eigenvalue weighted by Gasteiger charge is 2.02. The number of nitrogens with one attached hydrogen (secondary N) is 2. The average molecular weight is 236 g/mol. The molecule has 1 rings (SSSR count). The lowest BCUT2D eigenvalue weighted by atomic mass is 10.1. The average Bonchev–Trinajstić information content (AvgIpc) is 2.29. The summed E-state index contributed by atoms with van der Waals surface area (Å²) in [6.45, 7) is 4.51. The first-order valence-electron chi connectivity index (χ1n) is 5.97. The van der Waals surface area contributed by atoms with E-state index in [1.54, 1.807) is 18.2 Å². The van der Waals surface area contributed by atoms with Gasteiger partial charge in [-0.3, -0.25) is 4.79 Å². The molecule has 4 nitrogen and oxygen atoms in total. The van der Waals surface area contributed by atoms with Crippen LogP contribution < -0.4 is 10.6 Å². The van der Waals surface area contributed by atoms with Crippen molar-refractivity contribution in [1.82, 2.24) is 10.6 Å². The second kappa shape index (κ2) is 7.68. The maximum absolute atomic E-state index is 11.5. The molecule has 0 bridgehead atoms. The summed E-state index contributed by atoms with van der Waals surface area (Å²) in [4.78, 5) is 11.5. The van der Waals surface area contributed by atoms with Gasteiger partial charge in [-0.05, 0) is 30.7 Å². The normalized spacial score (nSPS) is 10.2. The molecule has 0 saturated heterocycles. The zero-order valence-electron chi connectivity index (χ0n) is 10.2. The van der Waals surface area contributed by atoms with Gasteiger partial charge in [0.05, 0.1) is 6.42 Å². The number of amides is 1. The number of aromatic hydroxyl groups is 1. The van der Waals surface area contributed by atoms with Gasteiger partial charge in [-0.2, -0.15) is 0 Å². The first kappa shape index (κ1) is 13.5. The van der Waals surface area contributed by atoms with Crippen LogP contribution in [-0.4, -0.2) is 30.6 Å². The minimum atomic E-state index is -0.0195. The van der Waals surface area contributed by atoms with E-state index in [-0.39, 0.29) is 11.7 Å². The fourth-order valence-electron chi connectivity index (χ4n) is 1.51. The topological polar surface area (TPSA) is 61.4 Å². The molecule has 17 heavy (non-hydrogen) atoms. The Kier molecular flexibility index (Phi) is 6.10. The molecule has 0 radical (unpaired) electrons. The van der Waals surface area contributed by atoms with Crippen LogP contribution >= 0.6 is 0 Å². The van der Waals surface area contributed by atoms with E-state index in [1.807, 2.05) is 6.07 Å². The van der Waals surface area contributed by atoms with Crippen LogP contribution in [0.15, 0.2) is 24.3 Å². The van der Waals surface area contributed by atoms with E-state index in [9.17, 15) is 9.90 Å². The number of benzene rings is 1. The standard InChI is InChI=1S/C13H20N2O2/c1-2-6-14-7-8-15-13(17)10-11-4-3-5-12(16)9-11/h3-5,9,14,16H,2,6-8,10H2,1H3,(H,15,17). The lowest BCUT2D eigenvalue weighted by Crippen LogP contribution is -2.32. The molecule has 0 heterocycles. The van der Waals surface area contributed by atoms with E-state index in [4.69, 9.17) is 0 Å². The smallest absolute Gasteiger partial charge is 0.224 e. The maximum Gasteiger partial charge on any atom is 0.224 e. The highest BCUT2D eigenvalue weighted by atomic mass is 16.3. The van der Waals surface area contributed by atoms with E-state index in [0.29, 0.717) is 13.0 Å². The molecule has 4 heteroatoms. The molecule has 3 N–H and O–H groups in total. The monoisotopic (exact) mass is 236 g/mol. The van der Waals surface area contributed by atoms with Crippen LogP contribution in [0.5, 0.6) is 5.75 Å². The third-order valence-electron chi connectivity index (χ3n) is 2.33. The van der Waals surface area contributed by atoms with Gasteiger partial charge in [0.2, 0.25) is 5.91 Å². The van der Waals surface area contributed by atoms with Gasteiger partial charge in [-0.15, -0.1) is 0 Å². The Bertz CT molecular complexity index is 353. The molecule has 1 aromatic rings. The van der Waals surface area contributed by atoms with Crippen molar-refractivity contribution in [1.29, 1.82) is 0 Å². The van der Waals surface area contributed by atoms with Gasteiger partial charge in [-0.1, -0.05) is 19.1 Å². The number of phenolic OH excluding ortho intramolecular Hbond substituents is 1. The number of carbonyl (C=O) groups excluding carboxylic acids is 1. The van der Waals surface area contributed by atoms with Gasteiger partial charge >= 0.3 is 0 Å². The zero-order valence-corrected chi connectivity index (χ0v) is 10.2. The number of rotatable bonds is 7. The molecule has 1 aromatic carbocycles. The first-order chi connectivity index (χ1) is 8.22. The summed E-state index contributed by atoms with van der Waals surface area (Å²) in [7, 11) is 0. The van der Waals surface area contributed by atoms with Gasteiger partial charge in [0.25, 0.3) is 0 Å². The second-order valence-electron chi connectivity index (χ2n) is 3.95. The van der Waals surface area contributed by atoms with Crippen LogP contribution in [0.1, 0.15) is 18.9 Å². The maximum atomic E-state index is 11.5. The second-order valence-corrected chi connectivity index (χ2v) is 3.95. The summed E-state index contributed by atoms with van der Waals surface area (Å²) in [5.41, 5.74) is 0.823. The SMILES string of the molecule is CCCNCCNC(=O)Cc1cccc(O)c1. The van der Waals surface area contributed by atoms with Crippen molar-refractivity contribution < 1.29 is 9.90 Å². The molecular formula is C13H20N2O2. The van der Waals surface area contributed by atoms with Crippen molar-refractivity contribution in [3.63, 3.8) is 0 Å². The highest BCUT2D eigenvalue weighted by Crippen LogP contribution is 2.10. The Morgan fingerprint density at radius 1 is 1.29 bits per heavy atom. The third-order valence-corrected chi connectivity index (χ3v) is 2.33. The predicted octanol–water partition coefficient (Wildman–Crippen LogP) is 1.05. The molecule has 0 aliphatic rings. The van der Waals surface area contributed by atoms with Crippen LogP contribution in [0.25, 0.3) is 0 Å². The van der Waals surface area contributed by atoms with E-state index in [2.05, 4.69) is 17.6 Å². The van der Waals surface area contributed by atoms with E-state index < -0.39 is 0 Å². The van der Waals surface area contributed by atoms with Gasteiger partial charge in [0.15, 0.2) is 0 Å². The predicted molar refractivity (Wildman–Crippen MR) is 68.0 cm³/mol. The molecule has 0 aliphatic carbocycles. The van der Waals surface area contributed by atoms with Crippen LogP contribution in [-0.2, 0) is 11.2 Å². The Balaban J connectivity index is 2.21. The fourth-order valence-corrected chi connectivity index (χ4v) is 1.51. The van der Waals surface area contributed by atoms with Crippen LogP contribution in [0.3, 0.4) is 0 Å². The Labute approximate surface area is 102 Å². The molecule has 0 saturated carbocycles. The van der Waals surface area contributed by atoms with Gasteiger partial charge in [-0.25, -0.2) is 0 Å². The van der Waals surface area contributed by atoms with Crippen LogP contribution in [0.2, 0.25) is 0 Å². The first-order valence-corrected chi connectivity index (χ1v) is 5.97. The molecule has 94 valence electrons. The van der Waals surface area contributed by atoms with Crippen molar-refractivity contribution in [3.8, 4) is 5.75 Å². The van der Waals surface area contributed by atoms with Crippen molar-refractivity contribution in [2.24, 2.45) is 0 Å². The summed E-state index contributed by atoms with van der Waals surface area (Å²) in [6.07, 6.45) is 1.40. The Morgan fingerprint density at radius 3 is 2.82 bits per heavy atom. The third kappa shape index (κ3) is 5.92. The number of phenols is 1. The number of hydrogen-bond acceptors (Lipinski definition) is 3. The Hall–Kier alpha value is -1.55. The van der Waals surface area contributed by atoms with Crippen molar-refractivity contribution in [2.75, 3.05) is 19.6 Å². The van der Waals surface area contributed by atoms with E-state index in [0.717, 1.165) is 25.1 Å². The van der Waals surface area contributed by atoms with Gasteiger partial charge in [0, 0.05) is 13.1 Å². The summed E-state index contributed by atoms with van der Waals surface area (Å²) in [5.74, 6) is 0.175. The van der Waals surface area contributed by atoms with Gasteiger partial charge < -0.3 is 15.7 Å². The summed E-state index contributed by atoms with van der Waals surface area (Å²) in [5, 5.41) is 15.3. The number of carbonyl (C=O) groups is 1. The number of hydrogen-bond donors (Lipinski definition) is 3. The quantitative estimate of drug-likeness (QED) is 0.620. The van der Waals surface area contributed by atoms with Crippen molar-refractivity contribution >= 4 is 5.91 Å². The molecule has 0 aromatic heterocycles. The minimum Gasteiger partial charge on any atom is -0.508 e. The molecule has 0 fully saturated rings. The lowest BCUT2D eigenvalue weighted by Gasteiger charge is -2.06. The van der Waals surface area contributed by atoms with Crippen molar-refractivity contribution in [2.45, 2.75) is 19.8 Å². The van der Waals surface area contributed by atoms with E-state index in [1.165, 1.54) is 0 Å². The fraction of sp³-hybridized carbons (Fsp3) is 0.462. The van der Waals surface area contributed by atoms with E-state index >= 15 is 0 Å². The summed E-state index contributed by atoms with van der Waals surface area (Å²) < 4.78 is 0. The van der Waals surface area contributed by atoms with Crippen LogP contribution in [0.4, 0.5) is 0 Å². The lowest BCUT2D eigenvalue weighted by molar-refractivity contribution is -0.120. The Morgan fingerprint density at radius 2 is 2.12 bits per heavy atom. The van der Waals surface area contributed by atoms with Crippen LogP contribution in [0, 0.1) is 0 Å². The minimum absolute atomic E-state index is 0.0195. The highest BCUT2D eigenvalue weighted by molar-refractivity contribution is 5.78. The molecule has 0 aliphatic heterocycles. The summed E-state index contributed by atoms with van der Waals surface area (Å²) >= 11 is 0.